The molecule has 2 aromatic carbocycles. The SMILES string of the molecule is CC(C)(C)OC(=O)N[C@H]1CCC[C@H]1c1nc2c([nH]1)CCc1cc(-c3ccc(-c4cnc([C@@H]5CCCN5C(=O)OC(C)(C)C)[nH]4)cc3)ccc1-2. The van der Waals surface area contributed by atoms with Gasteiger partial charge in [0.1, 0.15) is 22.9 Å². The second kappa shape index (κ2) is 12.7. The molecule has 49 heavy (non-hydrogen) atoms. The average molecular weight is 665 g/mol. The number of nitrogens with zero attached hydrogens (tertiary/aromatic N) is 3. The number of amides is 2. The van der Waals surface area contributed by atoms with Gasteiger partial charge in [-0.3, -0.25) is 4.90 Å². The molecular weight excluding hydrogens is 616 g/mol. The maximum atomic E-state index is 12.8. The second-order valence-electron chi connectivity index (χ2n) is 15.7. The van der Waals surface area contributed by atoms with Crippen molar-refractivity contribution >= 4 is 12.2 Å². The minimum atomic E-state index is -0.535. The predicted molar refractivity (Wildman–Crippen MR) is 189 cm³/mol. The average Bonchev–Trinajstić information content (AvgIpc) is 3.84. The largest absolute Gasteiger partial charge is 0.444 e. The summed E-state index contributed by atoms with van der Waals surface area (Å²) in [5, 5.41) is 3.10. The van der Waals surface area contributed by atoms with Crippen LogP contribution in [0.1, 0.15) is 109 Å². The molecule has 3 heterocycles. The number of carbonyl (C=O) groups is 2. The van der Waals surface area contributed by atoms with Crippen molar-refractivity contribution in [1.29, 1.82) is 0 Å². The first-order valence-corrected chi connectivity index (χ1v) is 17.7. The summed E-state index contributed by atoms with van der Waals surface area (Å²) >= 11 is 0. The fourth-order valence-electron chi connectivity index (χ4n) is 7.48. The molecular formula is C39H48N6O4. The molecule has 2 fully saturated rings. The molecule has 4 aromatic rings. The van der Waals surface area contributed by atoms with Crippen molar-refractivity contribution in [2.75, 3.05) is 6.54 Å². The molecule has 0 spiro atoms. The number of fused-ring (bicyclic) bond motifs is 3. The highest BCUT2D eigenvalue weighted by Crippen LogP contribution is 2.40. The van der Waals surface area contributed by atoms with Crippen molar-refractivity contribution < 1.29 is 19.1 Å². The van der Waals surface area contributed by atoms with E-state index in [2.05, 4.69) is 62.7 Å². The third-order valence-corrected chi connectivity index (χ3v) is 9.69. The molecule has 1 saturated carbocycles. The number of hydrogen-bond donors (Lipinski definition) is 3. The third kappa shape index (κ3) is 7.09. The molecule has 10 nitrogen and oxygen atoms in total. The van der Waals surface area contributed by atoms with E-state index in [0.717, 1.165) is 79.1 Å². The van der Waals surface area contributed by atoms with Crippen LogP contribution >= 0.6 is 0 Å². The number of H-pyrrole nitrogens is 2. The zero-order chi connectivity index (χ0) is 34.5. The maximum absolute atomic E-state index is 12.8. The number of imidazole rings is 2. The number of aromatic nitrogens is 4. The van der Waals surface area contributed by atoms with Gasteiger partial charge in [-0.2, -0.15) is 0 Å². The highest BCUT2D eigenvalue weighted by atomic mass is 16.6. The summed E-state index contributed by atoms with van der Waals surface area (Å²) in [5.41, 5.74) is 7.91. The molecule has 0 unspecified atom stereocenters. The highest BCUT2D eigenvalue weighted by molar-refractivity contribution is 5.76. The molecule has 3 aliphatic rings. The number of aryl methyl sites for hydroxylation is 2. The van der Waals surface area contributed by atoms with Gasteiger partial charge in [-0.25, -0.2) is 19.6 Å². The van der Waals surface area contributed by atoms with Gasteiger partial charge in [-0.1, -0.05) is 48.9 Å². The molecule has 1 aliphatic heterocycles. The Bertz CT molecular complexity index is 1840. The van der Waals surface area contributed by atoms with E-state index < -0.39 is 11.2 Å². The lowest BCUT2D eigenvalue weighted by atomic mass is 9.89. The summed E-state index contributed by atoms with van der Waals surface area (Å²) in [7, 11) is 0. The normalized spacial score (nSPS) is 20.5. The lowest BCUT2D eigenvalue weighted by Crippen LogP contribution is -2.40. The summed E-state index contributed by atoms with van der Waals surface area (Å²) < 4.78 is 11.2. The summed E-state index contributed by atoms with van der Waals surface area (Å²) in [5.74, 6) is 1.90. The van der Waals surface area contributed by atoms with Crippen LogP contribution in [0.3, 0.4) is 0 Å². The van der Waals surface area contributed by atoms with E-state index in [1.54, 1.807) is 4.90 Å². The highest BCUT2D eigenvalue weighted by Gasteiger charge is 2.36. The molecule has 3 atom stereocenters. The maximum Gasteiger partial charge on any atom is 0.410 e. The van der Waals surface area contributed by atoms with Gasteiger partial charge >= 0.3 is 12.2 Å². The zero-order valence-corrected chi connectivity index (χ0v) is 29.5. The van der Waals surface area contributed by atoms with Gasteiger partial charge in [0.15, 0.2) is 0 Å². The van der Waals surface area contributed by atoms with Gasteiger partial charge in [0.25, 0.3) is 0 Å². The van der Waals surface area contributed by atoms with Crippen LogP contribution in [-0.2, 0) is 22.3 Å². The number of rotatable bonds is 5. The van der Waals surface area contributed by atoms with E-state index in [9.17, 15) is 9.59 Å². The van der Waals surface area contributed by atoms with Crippen molar-refractivity contribution in [3.63, 3.8) is 0 Å². The number of likely N-dealkylation sites (tertiary alicyclic amines) is 1. The van der Waals surface area contributed by atoms with Crippen molar-refractivity contribution in [3.8, 4) is 33.6 Å². The lowest BCUT2D eigenvalue weighted by Gasteiger charge is -2.27. The molecule has 2 aromatic heterocycles. The smallest absolute Gasteiger partial charge is 0.410 e. The van der Waals surface area contributed by atoms with E-state index in [1.807, 2.05) is 47.7 Å². The Hall–Kier alpha value is -4.60. The molecule has 2 aliphatic carbocycles. The van der Waals surface area contributed by atoms with Crippen LogP contribution in [0.2, 0.25) is 0 Å². The summed E-state index contributed by atoms with van der Waals surface area (Å²) in [4.78, 5) is 44.0. The van der Waals surface area contributed by atoms with Crippen LogP contribution in [0.15, 0.2) is 48.7 Å². The number of benzene rings is 2. The zero-order valence-electron chi connectivity index (χ0n) is 29.5. The minimum absolute atomic E-state index is 0.00950. The van der Waals surface area contributed by atoms with Gasteiger partial charge in [-0.05, 0) is 102 Å². The number of carbonyl (C=O) groups excluding carboxylic acids is 2. The quantitative estimate of drug-likeness (QED) is 0.197. The van der Waals surface area contributed by atoms with Crippen LogP contribution < -0.4 is 5.32 Å². The van der Waals surface area contributed by atoms with Crippen molar-refractivity contribution in [2.45, 2.75) is 116 Å². The first kappa shape index (κ1) is 32.9. The Balaban J connectivity index is 1.04. The number of ether oxygens (including phenoxy) is 2. The fourth-order valence-corrected chi connectivity index (χ4v) is 7.48. The van der Waals surface area contributed by atoms with E-state index in [1.165, 1.54) is 22.4 Å². The molecule has 1 saturated heterocycles. The summed E-state index contributed by atoms with van der Waals surface area (Å²) in [6.45, 7) is 12.0. The summed E-state index contributed by atoms with van der Waals surface area (Å²) in [6, 6.07) is 15.1. The third-order valence-electron chi connectivity index (χ3n) is 9.69. The van der Waals surface area contributed by atoms with Gasteiger partial charge in [0.05, 0.1) is 23.6 Å². The molecule has 2 amide bonds. The first-order valence-electron chi connectivity index (χ1n) is 17.7. The minimum Gasteiger partial charge on any atom is -0.444 e. The van der Waals surface area contributed by atoms with E-state index in [4.69, 9.17) is 14.5 Å². The number of alkyl carbamates (subject to hydrolysis) is 1. The van der Waals surface area contributed by atoms with E-state index in [-0.39, 0.29) is 30.2 Å². The Labute approximate surface area is 288 Å². The molecule has 258 valence electrons. The molecule has 7 rings (SSSR count). The van der Waals surface area contributed by atoms with Crippen LogP contribution in [0, 0.1) is 0 Å². The monoisotopic (exact) mass is 664 g/mol. The Morgan fingerprint density at radius 3 is 2.33 bits per heavy atom. The first-order chi connectivity index (χ1) is 23.3. The molecule has 0 bridgehead atoms. The van der Waals surface area contributed by atoms with E-state index >= 15 is 0 Å². The van der Waals surface area contributed by atoms with Crippen LogP contribution in [0.25, 0.3) is 33.6 Å². The molecule has 10 heteroatoms. The van der Waals surface area contributed by atoms with Crippen LogP contribution in [0.5, 0.6) is 0 Å². The Morgan fingerprint density at radius 2 is 1.57 bits per heavy atom. The van der Waals surface area contributed by atoms with E-state index in [0.29, 0.717) is 6.54 Å². The Kier molecular flexibility index (Phi) is 8.53. The second-order valence-corrected chi connectivity index (χ2v) is 15.7. The summed E-state index contributed by atoms with van der Waals surface area (Å²) in [6.07, 6.45) is 7.78. The van der Waals surface area contributed by atoms with Crippen molar-refractivity contribution in [2.24, 2.45) is 0 Å². The van der Waals surface area contributed by atoms with Gasteiger partial charge < -0.3 is 24.8 Å². The van der Waals surface area contributed by atoms with Gasteiger partial charge in [0.2, 0.25) is 0 Å². The molecule has 3 N–H and O–H groups in total. The lowest BCUT2D eigenvalue weighted by molar-refractivity contribution is 0.0218. The van der Waals surface area contributed by atoms with Crippen molar-refractivity contribution in [1.82, 2.24) is 30.2 Å². The van der Waals surface area contributed by atoms with Gasteiger partial charge in [-0.15, -0.1) is 0 Å². The molecule has 0 radical (unpaired) electrons. The Morgan fingerprint density at radius 1 is 0.837 bits per heavy atom. The van der Waals surface area contributed by atoms with Crippen LogP contribution in [-0.4, -0.2) is 60.8 Å². The van der Waals surface area contributed by atoms with Crippen molar-refractivity contribution in [3.05, 3.63) is 71.6 Å². The van der Waals surface area contributed by atoms with Crippen LogP contribution in [0.4, 0.5) is 9.59 Å². The number of nitrogens with one attached hydrogen (secondary N) is 3. The topological polar surface area (TPSA) is 125 Å². The van der Waals surface area contributed by atoms with Gasteiger partial charge in [0, 0.05) is 29.8 Å². The fraction of sp³-hybridized carbons (Fsp3) is 0.487. The standard InChI is InChI=1S/C39H48N6O4/c1-38(2,3)48-36(46)43-29-10-7-9-28(29)34-41-30-19-17-26-21-25(16-18-27(26)33(30)44-34)23-12-14-24(15-13-23)31-22-40-35(42-31)32-11-8-20-45(32)37(47)49-39(4,5)6/h12-16,18,21-22,28-29,32H,7-11,17,19-20H2,1-6H3,(H,40,42)(H,41,44)(H,43,46)/t28-,29+,32+/m1/s1. The number of hydrogen-bond acceptors (Lipinski definition) is 6. The number of aromatic amines is 2. The predicted octanol–water partition coefficient (Wildman–Crippen LogP) is 8.47.